The zero-order valence-electron chi connectivity index (χ0n) is 11.2. The molecule has 0 spiro atoms. The Morgan fingerprint density at radius 1 is 1.17 bits per heavy atom. The molecule has 1 heterocycles. The number of nitrogens with one attached hydrogen (secondary N) is 1. The minimum absolute atomic E-state index is 0.156. The summed E-state index contributed by atoms with van der Waals surface area (Å²) in [6.07, 6.45) is 3.15. The predicted octanol–water partition coefficient (Wildman–Crippen LogP) is 3.16. The van der Waals surface area contributed by atoms with E-state index < -0.39 is 0 Å². The second kappa shape index (κ2) is 8.08. The number of aromatic nitrogens is 3. The summed E-state index contributed by atoms with van der Waals surface area (Å²) in [5, 5.41) is 3.22. The van der Waals surface area contributed by atoms with Crippen molar-refractivity contribution < 1.29 is 4.74 Å². The SMILES string of the molecule is CCCNc1nc(Cl)nc(OCC(CC)CC)n1. The van der Waals surface area contributed by atoms with Crippen molar-refractivity contribution in [2.45, 2.75) is 40.0 Å². The lowest BCUT2D eigenvalue weighted by Crippen LogP contribution is -2.13. The molecule has 0 aliphatic rings. The van der Waals surface area contributed by atoms with Crippen molar-refractivity contribution in [3.05, 3.63) is 5.28 Å². The van der Waals surface area contributed by atoms with E-state index in [1.807, 2.05) is 0 Å². The highest BCUT2D eigenvalue weighted by atomic mass is 35.5. The molecule has 0 aliphatic carbocycles. The quantitative estimate of drug-likeness (QED) is 0.788. The Balaban J connectivity index is 2.61. The Labute approximate surface area is 113 Å². The average Bonchev–Trinajstić information content (AvgIpc) is 2.37. The number of hydrogen-bond donors (Lipinski definition) is 1. The van der Waals surface area contributed by atoms with Gasteiger partial charge in [0.1, 0.15) is 0 Å². The summed E-state index contributed by atoms with van der Waals surface area (Å²) in [5.74, 6) is 0.990. The third-order valence-corrected chi connectivity index (χ3v) is 2.89. The molecule has 0 bridgehead atoms. The van der Waals surface area contributed by atoms with Gasteiger partial charge in [0.2, 0.25) is 11.2 Å². The highest BCUT2D eigenvalue weighted by molar-refractivity contribution is 6.28. The molecule has 1 rings (SSSR count). The van der Waals surface area contributed by atoms with Gasteiger partial charge in [0.25, 0.3) is 0 Å². The zero-order chi connectivity index (χ0) is 13.4. The highest BCUT2D eigenvalue weighted by Gasteiger charge is 2.09. The van der Waals surface area contributed by atoms with Crippen molar-refractivity contribution in [1.29, 1.82) is 0 Å². The topological polar surface area (TPSA) is 59.9 Å². The van der Waals surface area contributed by atoms with Crippen LogP contribution >= 0.6 is 11.6 Å². The van der Waals surface area contributed by atoms with Crippen molar-refractivity contribution in [3.63, 3.8) is 0 Å². The summed E-state index contributed by atoms with van der Waals surface area (Å²) in [6.45, 7) is 7.77. The molecule has 102 valence electrons. The van der Waals surface area contributed by atoms with Crippen molar-refractivity contribution in [2.75, 3.05) is 18.5 Å². The maximum Gasteiger partial charge on any atom is 0.322 e. The van der Waals surface area contributed by atoms with E-state index in [0.29, 0.717) is 24.5 Å². The van der Waals surface area contributed by atoms with Crippen LogP contribution in [0.4, 0.5) is 5.95 Å². The molecule has 1 aromatic heterocycles. The van der Waals surface area contributed by atoms with E-state index in [4.69, 9.17) is 16.3 Å². The Hall–Kier alpha value is -1.10. The lowest BCUT2D eigenvalue weighted by Gasteiger charge is -2.12. The van der Waals surface area contributed by atoms with Gasteiger partial charge >= 0.3 is 6.01 Å². The van der Waals surface area contributed by atoms with Crippen LogP contribution in [-0.4, -0.2) is 28.1 Å². The van der Waals surface area contributed by atoms with Gasteiger partial charge in [-0.1, -0.05) is 33.6 Å². The van der Waals surface area contributed by atoms with Crippen LogP contribution in [0.2, 0.25) is 5.28 Å². The fraction of sp³-hybridized carbons (Fsp3) is 0.750. The lowest BCUT2D eigenvalue weighted by molar-refractivity contribution is 0.224. The smallest absolute Gasteiger partial charge is 0.322 e. The van der Waals surface area contributed by atoms with Gasteiger partial charge in [-0.3, -0.25) is 0 Å². The normalized spacial score (nSPS) is 10.7. The summed E-state index contributed by atoms with van der Waals surface area (Å²) < 4.78 is 5.56. The van der Waals surface area contributed by atoms with E-state index in [1.54, 1.807) is 0 Å². The number of ether oxygens (including phenoxy) is 1. The van der Waals surface area contributed by atoms with Crippen molar-refractivity contribution in [2.24, 2.45) is 5.92 Å². The molecular weight excluding hydrogens is 252 g/mol. The first-order valence-corrected chi connectivity index (χ1v) is 6.85. The van der Waals surface area contributed by atoms with Gasteiger partial charge in [-0.2, -0.15) is 15.0 Å². The molecule has 0 fully saturated rings. The molecule has 0 aromatic carbocycles. The predicted molar refractivity (Wildman–Crippen MR) is 73.2 cm³/mol. The monoisotopic (exact) mass is 272 g/mol. The van der Waals surface area contributed by atoms with Gasteiger partial charge in [-0.15, -0.1) is 0 Å². The number of rotatable bonds is 8. The largest absolute Gasteiger partial charge is 0.463 e. The second-order valence-electron chi connectivity index (χ2n) is 4.13. The molecule has 6 heteroatoms. The summed E-state index contributed by atoms with van der Waals surface area (Å²) in [4.78, 5) is 12.1. The van der Waals surface area contributed by atoms with E-state index in [9.17, 15) is 0 Å². The van der Waals surface area contributed by atoms with Crippen LogP contribution in [0.5, 0.6) is 6.01 Å². The zero-order valence-corrected chi connectivity index (χ0v) is 12.0. The molecule has 0 saturated heterocycles. The Morgan fingerprint density at radius 2 is 1.89 bits per heavy atom. The minimum Gasteiger partial charge on any atom is -0.463 e. The Kier molecular flexibility index (Phi) is 6.72. The van der Waals surface area contributed by atoms with E-state index in [0.717, 1.165) is 25.8 Å². The minimum atomic E-state index is 0.156. The van der Waals surface area contributed by atoms with Gasteiger partial charge < -0.3 is 10.1 Å². The molecule has 5 nitrogen and oxygen atoms in total. The lowest BCUT2D eigenvalue weighted by atomic mass is 10.1. The Morgan fingerprint density at radius 3 is 2.50 bits per heavy atom. The van der Waals surface area contributed by atoms with E-state index in [-0.39, 0.29) is 5.28 Å². The van der Waals surface area contributed by atoms with Crippen LogP contribution in [0, 0.1) is 5.92 Å². The third kappa shape index (κ3) is 5.04. The second-order valence-corrected chi connectivity index (χ2v) is 4.47. The molecule has 0 unspecified atom stereocenters. The van der Waals surface area contributed by atoms with Crippen molar-refractivity contribution in [3.8, 4) is 6.01 Å². The maximum atomic E-state index is 5.83. The first kappa shape index (κ1) is 15.0. The molecular formula is C12H21ClN4O. The van der Waals surface area contributed by atoms with Crippen LogP contribution in [0.1, 0.15) is 40.0 Å². The number of nitrogens with zero attached hydrogens (tertiary/aromatic N) is 3. The molecule has 18 heavy (non-hydrogen) atoms. The fourth-order valence-corrected chi connectivity index (χ4v) is 1.58. The third-order valence-electron chi connectivity index (χ3n) is 2.72. The Bertz CT molecular complexity index is 358. The van der Waals surface area contributed by atoms with Crippen LogP contribution in [0.15, 0.2) is 0 Å². The van der Waals surface area contributed by atoms with Crippen LogP contribution in [0.25, 0.3) is 0 Å². The van der Waals surface area contributed by atoms with Gasteiger partial charge in [0, 0.05) is 6.54 Å². The fourth-order valence-electron chi connectivity index (χ4n) is 1.43. The number of anilines is 1. The molecule has 0 radical (unpaired) electrons. The van der Waals surface area contributed by atoms with E-state index in [2.05, 4.69) is 41.0 Å². The first-order valence-electron chi connectivity index (χ1n) is 6.47. The van der Waals surface area contributed by atoms with Gasteiger partial charge in [0.05, 0.1) is 6.61 Å². The van der Waals surface area contributed by atoms with Crippen molar-refractivity contribution >= 4 is 17.5 Å². The van der Waals surface area contributed by atoms with Crippen LogP contribution in [-0.2, 0) is 0 Å². The first-order chi connectivity index (χ1) is 8.69. The van der Waals surface area contributed by atoms with Gasteiger partial charge in [-0.05, 0) is 23.9 Å². The van der Waals surface area contributed by atoms with Crippen molar-refractivity contribution in [1.82, 2.24) is 15.0 Å². The number of hydrogen-bond acceptors (Lipinski definition) is 5. The van der Waals surface area contributed by atoms with E-state index in [1.165, 1.54) is 0 Å². The number of halogens is 1. The molecule has 0 atom stereocenters. The van der Waals surface area contributed by atoms with Crippen LogP contribution in [0.3, 0.4) is 0 Å². The molecule has 0 aliphatic heterocycles. The molecule has 1 aromatic rings. The molecule has 0 amide bonds. The van der Waals surface area contributed by atoms with E-state index >= 15 is 0 Å². The maximum absolute atomic E-state index is 5.83. The highest BCUT2D eigenvalue weighted by Crippen LogP contribution is 2.14. The standard InChI is InChI=1S/C12H21ClN4O/c1-4-7-14-11-15-10(13)16-12(17-11)18-8-9(5-2)6-3/h9H,4-8H2,1-3H3,(H,14,15,16,17). The van der Waals surface area contributed by atoms with Gasteiger partial charge in [-0.25, -0.2) is 0 Å². The molecule has 0 saturated carbocycles. The van der Waals surface area contributed by atoms with Crippen LogP contribution < -0.4 is 10.1 Å². The summed E-state index contributed by atoms with van der Waals surface area (Å²) in [7, 11) is 0. The molecule has 1 N–H and O–H groups in total. The summed E-state index contributed by atoms with van der Waals surface area (Å²) in [5.41, 5.74) is 0. The summed E-state index contributed by atoms with van der Waals surface area (Å²) in [6, 6.07) is 0.292. The summed E-state index contributed by atoms with van der Waals surface area (Å²) >= 11 is 5.83. The van der Waals surface area contributed by atoms with Gasteiger partial charge in [0.15, 0.2) is 0 Å². The average molecular weight is 273 g/mol.